The number of hydrogen-bond donors (Lipinski definition) is 0. The molecule has 0 saturated heterocycles. The van der Waals surface area contributed by atoms with Gasteiger partial charge in [-0.25, -0.2) is 9.50 Å². The van der Waals surface area contributed by atoms with Crippen LogP contribution in [0, 0.1) is 25.2 Å². The second-order valence-corrected chi connectivity index (χ2v) is 6.94. The second kappa shape index (κ2) is 7.72. The van der Waals surface area contributed by atoms with Crippen molar-refractivity contribution in [2.24, 2.45) is 0 Å². The standard InChI is InChI=1S/C23H20N4O2/c1-15-19(11-12-22(28)29-14-18-8-4-3-7-17(18)13-24)16(2)27-23(25-15)20-9-5-6-10-21(20)26-27/h3-10H,11-12,14H2,1-2H3. The fraction of sp³-hybridized carbons (Fsp3) is 0.217. The van der Waals surface area contributed by atoms with E-state index in [1.54, 1.807) is 18.2 Å². The fourth-order valence-corrected chi connectivity index (χ4v) is 3.55. The molecule has 0 bridgehead atoms. The molecule has 0 fully saturated rings. The molecule has 0 aliphatic carbocycles. The van der Waals surface area contributed by atoms with E-state index >= 15 is 0 Å². The lowest BCUT2D eigenvalue weighted by Gasteiger charge is -2.11. The van der Waals surface area contributed by atoms with E-state index in [0.717, 1.165) is 33.5 Å². The van der Waals surface area contributed by atoms with E-state index < -0.39 is 0 Å². The van der Waals surface area contributed by atoms with Crippen LogP contribution in [-0.2, 0) is 22.6 Å². The van der Waals surface area contributed by atoms with Crippen molar-refractivity contribution in [3.63, 3.8) is 0 Å². The van der Waals surface area contributed by atoms with Crippen LogP contribution in [0.1, 0.15) is 34.5 Å². The van der Waals surface area contributed by atoms with Gasteiger partial charge in [0.05, 0.1) is 17.1 Å². The Balaban J connectivity index is 1.50. The zero-order valence-electron chi connectivity index (χ0n) is 16.3. The molecule has 0 radical (unpaired) electrons. The smallest absolute Gasteiger partial charge is 0.306 e. The second-order valence-electron chi connectivity index (χ2n) is 6.94. The van der Waals surface area contributed by atoms with Gasteiger partial charge in [-0.05, 0) is 44.0 Å². The molecule has 0 spiro atoms. The number of esters is 1. The molecule has 0 unspecified atom stereocenters. The molecule has 0 atom stereocenters. The third-order valence-corrected chi connectivity index (χ3v) is 5.12. The highest BCUT2D eigenvalue weighted by Gasteiger charge is 2.15. The number of hydrogen-bond acceptors (Lipinski definition) is 5. The van der Waals surface area contributed by atoms with Gasteiger partial charge in [0.25, 0.3) is 0 Å². The highest BCUT2D eigenvalue weighted by atomic mass is 16.5. The van der Waals surface area contributed by atoms with E-state index in [-0.39, 0.29) is 19.0 Å². The summed E-state index contributed by atoms with van der Waals surface area (Å²) < 4.78 is 7.22. The van der Waals surface area contributed by atoms with Crippen molar-refractivity contribution in [3.05, 3.63) is 76.6 Å². The Labute approximate surface area is 168 Å². The van der Waals surface area contributed by atoms with Crippen LogP contribution in [0.2, 0.25) is 0 Å². The third-order valence-electron chi connectivity index (χ3n) is 5.12. The molecule has 0 saturated carbocycles. The van der Waals surface area contributed by atoms with Crippen molar-refractivity contribution in [1.82, 2.24) is 14.6 Å². The van der Waals surface area contributed by atoms with Crippen molar-refractivity contribution < 1.29 is 9.53 Å². The lowest BCUT2D eigenvalue weighted by molar-refractivity contribution is -0.144. The molecular formula is C23H20N4O2. The third kappa shape index (κ3) is 3.55. The Hall–Kier alpha value is -3.72. The largest absolute Gasteiger partial charge is 0.461 e. The van der Waals surface area contributed by atoms with E-state index in [1.807, 2.05) is 48.7 Å². The molecule has 2 aromatic heterocycles. The number of carbonyl (C=O) groups is 1. The van der Waals surface area contributed by atoms with Crippen LogP contribution in [0.4, 0.5) is 0 Å². The Morgan fingerprint density at radius 2 is 1.90 bits per heavy atom. The van der Waals surface area contributed by atoms with Crippen molar-refractivity contribution in [1.29, 1.82) is 5.26 Å². The van der Waals surface area contributed by atoms with Gasteiger partial charge in [0, 0.05) is 28.8 Å². The van der Waals surface area contributed by atoms with Gasteiger partial charge in [-0.3, -0.25) is 4.79 Å². The van der Waals surface area contributed by atoms with E-state index in [2.05, 4.69) is 11.2 Å². The van der Waals surface area contributed by atoms with E-state index in [0.29, 0.717) is 17.5 Å². The van der Waals surface area contributed by atoms with E-state index in [9.17, 15) is 4.79 Å². The first-order chi connectivity index (χ1) is 14.1. The number of nitriles is 1. The Morgan fingerprint density at radius 1 is 1.14 bits per heavy atom. The molecular weight excluding hydrogens is 364 g/mol. The minimum absolute atomic E-state index is 0.0996. The van der Waals surface area contributed by atoms with Crippen LogP contribution in [0.5, 0.6) is 0 Å². The average Bonchev–Trinajstić information content (AvgIpc) is 3.11. The quantitative estimate of drug-likeness (QED) is 0.485. The van der Waals surface area contributed by atoms with Crippen LogP contribution in [0.15, 0.2) is 48.5 Å². The van der Waals surface area contributed by atoms with Crippen LogP contribution in [-0.4, -0.2) is 20.6 Å². The summed E-state index contributed by atoms with van der Waals surface area (Å²) in [7, 11) is 0. The lowest BCUT2D eigenvalue weighted by atomic mass is 10.1. The van der Waals surface area contributed by atoms with Crippen LogP contribution >= 0.6 is 0 Å². The summed E-state index contributed by atoms with van der Waals surface area (Å²) in [6, 6.07) is 17.1. The Morgan fingerprint density at radius 3 is 2.72 bits per heavy atom. The number of benzene rings is 2. The topological polar surface area (TPSA) is 80.3 Å². The van der Waals surface area contributed by atoms with E-state index in [1.165, 1.54) is 0 Å². The molecule has 144 valence electrons. The van der Waals surface area contributed by atoms with Crippen molar-refractivity contribution >= 4 is 22.5 Å². The van der Waals surface area contributed by atoms with Crippen LogP contribution in [0.25, 0.3) is 16.6 Å². The predicted octanol–water partition coefficient (Wildman–Crippen LogP) is 4.05. The van der Waals surface area contributed by atoms with Crippen molar-refractivity contribution in [2.45, 2.75) is 33.3 Å². The Bertz CT molecular complexity index is 1270. The van der Waals surface area contributed by atoms with Crippen molar-refractivity contribution in [3.8, 4) is 6.07 Å². The monoisotopic (exact) mass is 384 g/mol. The summed E-state index contributed by atoms with van der Waals surface area (Å²) in [6.07, 6.45) is 0.764. The molecule has 0 aliphatic heterocycles. The summed E-state index contributed by atoms with van der Waals surface area (Å²) >= 11 is 0. The minimum Gasteiger partial charge on any atom is -0.461 e. The highest BCUT2D eigenvalue weighted by molar-refractivity contribution is 5.92. The number of aromatic nitrogens is 3. The lowest BCUT2D eigenvalue weighted by Crippen LogP contribution is -2.10. The van der Waals surface area contributed by atoms with Gasteiger partial charge in [0.1, 0.15) is 6.61 Å². The molecule has 0 aliphatic rings. The summed E-state index contributed by atoms with van der Waals surface area (Å²) in [4.78, 5) is 17.0. The van der Waals surface area contributed by atoms with E-state index in [4.69, 9.17) is 15.0 Å². The molecule has 0 amide bonds. The summed E-state index contributed by atoms with van der Waals surface area (Å²) in [6.45, 7) is 4.05. The van der Waals surface area contributed by atoms with Crippen LogP contribution < -0.4 is 0 Å². The van der Waals surface area contributed by atoms with Gasteiger partial charge in [-0.1, -0.05) is 30.3 Å². The fourth-order valence-electron chi connectivity index (χ4n) is 3.55. The predicted molar refractivity (Wildman–Crippen MR) is 109 cm³/mol. The number of rotatable bonds is 5. The van der Waals surface area contributed by atoms with Crippen LogP contribution in [0.3, 0.4) is 0 Å². The maximum absolute atomic E-state index is 12.3. The average molecular weight is 384 g/mol. The van der Waals surface area contributed by atoms with Gasteiger partial charge in [-0.2, -0.15) is 10.4 Å². The zero-order valence-corrected chi connectivity index (χ0v) is 16.3. The number of fused-ring (bicyclic) bond motifs is 3. The summed E-state index contributed by atoms with van der Waals surface area (Å²) in [5.74, 6) is -0.303. The molecule has 4 aromatic rings. The van der Waals surface area contributed by atoms with Gasteiger partial charge < -0.3 is 4.74 Å². The number of aryl methyl sites for hydroxylation is 2. The maximum Gasteiger partial charge on any atom is 0.306 e. The highest BCUT2D eigenvalue weighted by Crippen LogP contribution is 2.23. The SMILES string of the molecule is Cc1nc2c3ccccc3nn2c(C)c1CCC(=O)OCc1ccccc1C#N. The van der Waals surface area contributed by atoms with Crippen molar-refractivity contribution in [2.75, 3.05) is 0 Å². The maximum atomic E-state index is 12.3. The minimum atomic E-state index is -0.303. The molecule has 0 N–H and O–H groups in total. The summed E-state index contributed by atoms with van der Waals surface area (Å²) in [5, 5.41) is 14.8. The van der Waals surface area contributed by atoms with Gasteiger partial charge >= 0.3 is 5.97 Å². The summed E-state index contributed by atoms with van der Waals surface area (Å²) in [5.41, 5.74) is 5.83. The normalized spacial score (nSPS) is 10.9. The molecule has 4 rings (SSSR count). The number of ether oxygens (including phenoxy) is 1. The van der Waals surface area contributed by atoms with Gasteiger partial charge in [0.2, 0.25) is 0 Å². The first-order valence-electron chi connectivity index (χ1n) is 9.45. The molecule has 6 heteroatoms. The van der Waals surface area contributed by atoms with Gasteiger partial charge in [0.15, 0.2) is 5.65 Å². The first-order valence-corrected chi connectivity index (χ1v) is 9.45. The number of nitrogens with zero attached hydrogens (tertiary/aromatic N) is 4. The first kappa shape index (κ1) is 18.6. The zero-order chi connectivity index (χ0) is 20.4. The van der Waals surface area contributed by atoms with Gasteiger partial charge in [-0.15, -0.1) is 0 Å². The molecule has 6 nitrogen and oxygen atoms in total. The molecule has 2 heterocycles. The molecule has 2 aromatic carbocycles. The Kier molecular flexibility index (Phi) is 4.96. The molecule has 29 heavy (non-hydrogen) atoms. The number of carbonyl (C=O) groups excluding carboxylic acids is 1.